The summed E-state index contributed by atoms with van der Waals surface area (Å²) < 4.78 is 0. The third kappa shape index (κ3) is 1.94. The SMILES string of the molecule is O=C1[C@@H]2[C@@H]3CC[C@]4(C5CNCC(C5)CN4C3=O)[C@@H]2C(=O)N1Cc1ccccc1. The van der Waals surface area contributed by atoms with Gasteiger partial charge in [-0.25, -0.2) is 0 Å². The number of likely N-dealkylation sites (tertiary alicyclic amines) is 1. The summed E-state index contributed by atoms with van der Waals surface area (Å²) in [5.41, 5.74) is 0.498. The lowest BCUT2D eigenvalue weighted by atomic mass is 9.51. The maximum absolute atomic E-state index is 13.6. The van der Waals surface area contributed by atoms with Crippen LogP contribution < -0.4 is 5.32 Å². The van der Waals surface area contributed by atoms with Crippen LogP contribution in [0.15, 0.2) is 30.3 Å². The summed E-state index contributed by atoms with van der Waals surface area (Å²) in [7, 11) is 0. The number of nitrogens with one attached hydrogen (secondary N) is 1. The number of rotatable bonds is 2. The molecule has 0 aromatic heterocycles. The Hall–Kier alpha value is -2.21. The predicted molar refractivity (Wildman–Crippen MR) is 101 cm³/mol. The molecule has 0 radical (unpaired) electrons. The lowest BCUT2D eigenvalue weighted by Gasteiger charge is -2.65. The second kappa shape index (κ2) is 5.66. The van der Waals surface area contributed by atoms with Crippen molar-refractivity contribution < 1.29 is 14.4 Å². The summed E-state index contributed by atoms with van der Waals surface area (Å²) in [5, 5.41) is 3.52. The molecule has 28 heavy (non-hydrogen) atoms. The Morgan fingerprint density at radius 1 is 1.04 bits per heavy atom. The van der Waals surface area contributed by atoms with E-state index in [0.717, 1.165) is 44.5 Å². The van der Waals surface area contributed by atoms with E-state index >= 15 is 0 Å². The molecule has 6 fully saturated rings. The predicted octanol–water partition coefficient (Wildman–Crippen LogP) is 1.02. The summed E-state index contributed by atoms with van der Waals surface area (Å²) in [6.07, 6.45) is 2.67. The molecule has 1 saturated carbocycles. The maximum Gasteiger partial charge on any atom is 0.235 e. The summed E-state index contributed by atoms with van der Waals surface area (Å²) >= 11 is 0. The van der Waals surface area contributed by atoms with Crippen molar-refractivity contribution in [2.75, 3.05) is 19.6 Å². The number of fused-ring (bicyclic) bond motifs is 3. The number of hydrogen-bond donors (Lipinski definition) is 1. The van der Waals surface area contributed by atoms with Gasteiger partial charge < -0.3 is 10.2 Å². The highest BCUT2D eigenvalue weighted by molar-refractivity contribution is 6.09. The van der Waals surface area contributed by atoms with Gasteiger partial charge in [0.25, 0.3) is 0 Å². The van der Waals surface area contributed by atoms with E-state index in [1.807, 2.05) is 30.3 Å². The van der Waals surface area contributed by atoms with Gasteiger partial charge in [0, 0.05) is 13.1 Å². The average Bonchev–Trinajstić information content (AvgIpc) is 2.97. The number of piperidine rings is 4. The number of carbonyl (C=O) groups is 3. The molecule has 2 unspecified atom stereocenters. The van der Waals surface area contributed by atoms with E-state index in [0.29, 0.717) is 12.5 Å². The van der Waals surface area contributed by atoms with Crippen molar-refractivity contribution in [1.82, 2.24) is 15.1 Å². The number of hydrogen-bond acceptors (Lipinski definition) is 4. The topological polar surface area (TPSA) is 69.7 Å². The highest BCUT2D eigenvalue weighted by Gasteiger charge is 2.72. The van der Waals surface area contributed by atoms with Crippen molar-refractivity contribution in [2.45, 2.75) is 31.3 Å². The van der Waals surface area contributed by atoms with E-state index < -0.39 is 11.5 Å². The van der Waals surface area contributed by atoms with Gasteiger partial charge in [0.1, 0.15) is 0 Å². The van der Waals surface area contributed by atoms with Gasteiger partial charge in [-0.15, -0.1) is 0 Å². The first-order valence-corrected chi connectivity index (χ1v) is 10.5. The summed E-state index contributed by atoms with van der Waals surface area (Å²) in [5.74, 6) is -0.419. The molecule has 4 bridgehead atoms. The Bertz CT molecular complexity index is 871. The zero-order valence-electron chi connectivity index (χ0n) is 15.8. The third-order valence-corrected chi connectivity index (χ3v) is 8.13. The standard InChI is InChI=1S/C22H25N3O3/c26-19-16-6-7-22(15-8-14(9-23-10-15)12-25(19)22)18-17(16)20(27)24(21(18)28)11-13-4-2-1-3-5-13/h1-5,14-18,23H,6-12H2/t14?,15?,16-,17+,18-,22-/m0/s1. The Morgan fingerprint density at radius 2 is 1.86 bits per heavy atom. The molecule has 146 valence electrons. The second-order valence-corrected chi connectivity index (χ2v) is 9.29. The van der Waals surface area contributed by atoms with Crippen molar-refractivity contribution >= 4 is 17.7 Å². The summed E-state index contributed by atoms with van der Waals surface area (Å²) in [4.78, 5) is 43.8. The number of carbonyl (C=O) groups excluding carboxylic acids is 3. The molecule has 1 aromatic rings. The lowest BCUT2D eigenvalue weighted by Crippen LogP contribution is -2.77. The first-order chi connectivity index (χ1) is 13.6. The molecule has 1 aromatic carbocycles. The highest BCUT2D eigenvalue weighted by Crippen LogP contribution is 2.60. The van der Waals surface area contributed by atoms with Crippen molar-refractivity contribution in [3.63, 3.8) is 0 Å². The average molecular weight is 379 g/mol. The van der Waals surface area contributed by atoms with Crippen LogP contribution in [0.3, 0.4) is 0 Å². The smallest absolute Gasteiger partial charge is 0.235 e. The molecule has 1 spiro atoms. The van der Waals surface area contributed by atoms with E-state index in [4.69, 9.17) is 0 Å². The molecular weight excluding hydrogens is 354 g/mol. The van der Waals surface area contributed by atoms with Gasteiger partial charge in [-0.3, -0.25) is 19.3 Å². The molecule has 5 saturated heterocycles. The van der Waals surface area contributed by atoms with Crippen LogP contribution in [0.1, 0.15) is 24.8 Å². The molecule has 6 heteroatoms. The molecule has 6 aliphatic rings. The molecule has 5 heterocycles. The molecule has 7 rings (SSSR count). The van der Waals surface area contributed by atoms with Crippen LogP contribution >= 0.6 is 0 Å². The largest absolute Gasteiger partial charge is 0.335 e. The number of amides is 3. The van der Waals surface area contributed by atoms with Crippen LogP contribution in [-0.4, -0.2) is 52.7 Å². The first kappa shape index (κ1) is 16.7. The summed E-state index contributed by atoms with van der Waals surface area (Å²) in [6.45, 7) is 2.84. The van der Waals surface area contributed by atoms with Crippen molar-refractivity contribution in [3.05, 3.63) is 35.9 Å². The maximum atomic E-state index is 13.6. The monoisotopic (exact) mass is 379 g/mol. The van der Waals surface area contributed by atoms with Crippen molar-refractivity contribution in [2.24, 2.45) is 29.6 Å². The van der Waals surface area contributed by atoms with Crippen molar-refractivity contribution in [3.8, 4) is 0 Å². The van der Waals surface area contributed by atoms with Crippen LogP contribution in [0.5, 0.6) is 0 Å². The highest BCUT2D eigenvalue weighted by atomic mass is 16.2. The van der Waals surface area contributed by atoms with Crippen LogP contribution in [-0.2, 0) is 20.9 Å². The summed E-state index contributed by atoms with van der Waals surface area (Å²) in [6, 6.07) is 9.68. The van der Waals surface area contributed by atoms with Gasteiger partial charge in [0.15, 0.2) is 0 Å². The van der Waals surface area contributed by atoms with Gasteiger partial charge in [-0.05, 0) is 43.2 Å². The fourth-order valence-corrected chi connectivity index (χ4v) is 7.06. The van der Waals surface area contributed by atoms with E-state index in [-0.39, 0.29) is 35.5 Å². The fourth-order valence-electron chi connectivity index (χ4n) is 7.06. The van der Waals surface area contributed by atoms with Gasteiger partial charge in [0.2, 0.25) is 17.7 Å². The van der Waals surface area contributed by atoms with Gasteiger partial charge in [-0.1, -0.05) is 30.3 Å². The number of benzene rings is 1. The van der Waals surface area contributed by atoms with Crippen LogP contribution in [0.25, 0.3) is 0 Å². The van der Waals surface area contributed by atoms with Crippen LogP contribution in [0.2, 0.25) is 0 Å². The van der Waals surface area contributed by atoms with E-state index in [1.165, 1.54) is 4.90 Å². The quantitative estimate of drug-likeness (QED) is 0.779. The van der Waals surface area contributed by atoms with Gasteiger partial charge >= 0.3 is 0 Å². The van der Waals surface area contributed by atoms with Crippen LogP contribution in [0.4, 0.5) is 0 Å². The normalized spacial score (nSPS) is 41.3. The Morgan fingerprint density at radius 3 is 2.68 bits per heavy atom. The van der Waals surface area contributed by atoms with Crippen LogP contribution in [0, 0.1) is 29.6 Å². The zero-order chi connectivity index (χ0) is 19.0. The molecule has 1 aliphatic carbocycles. The fraction of sp³-hybridized carbons (Fsp3) is 0.591. The van der Waals surface area contributed by atoms with E-state index in [1.54, 1.807) is 0 Å². The molecule has 6 atom stereocenters. The second-order valence-electron chi connectivity index (χ2n) is 9.29. The third-order valence-electron chi connectivity index (χ3n) is 8.13. The van der Waals surface area contributed by atoms with E-state index in [2.05, 4.69) is 10.2 Å². The molecule has 1 N–H and O–H groups in total. The minimum Gasteiger partial charge on any atom is -0.335 e. The molecule has 3 amide bonds. The molecule has 6 nitrogen and oxygen atoms in total. The molecule has 5 aliphatic heterocycles. The number of imide groups is 1. The van der Waals surface area contributed by atoms with Gasteiger partial charge in [0.05, 0.1) is 29.8 Å². The Balaban J connectivity index is 1.42. The first-order valence-electron chi connectivity index (χ1n) is 10.5. The van der Waals surface area contributed by atoms with Crippen molar-refractivity contribution in [1.29, 1.82) is 0 Å². The number of nitrogens with zero attached hydrogens (tertiary/aromatic N) is 2. The Kier molecular flexibility index (Phi) is 3.38. The minimum atomic E-state index is -0.460. The van der Waals surface area contributed by atoms with Gasteiger partial charge in [-0.2, -0.15) is 0 Å². The minimum absolute atomic E-state index is 0.0509. The van der Waals surface area contributed by atoms with E-state index in [9.17, 15) is 14.4 Å². The zero-order valence-corrected chi connectivity index (χ0v) is 15.8. The lowest BCUT2D eigenvalue weighted by molar-refractivity contribution is -0.195. The molecular formula is C22H25N3O3. The Labute approximate surface area is 164 Å².